The van der Waals surface area contributed by atoms with Gasteiger partial charge in [0, 0.05) is 17.1 Å². The summed E-state index contributed by atoms with van der Waals surface area (Å²) in [4.78, 5) is 24.3. The van der Waals surface area contributed by atoms with Crippen LogP contribution in [0.5, 0.6) is 5.75 Å². The van der Waals surface area contributed by atoms with Crippen LogP contribution in [0.3, 0.4) is 0 Å². The van der Waals surface area contributed by atoms with Crippen molar-refractivity contribution in [3.05, 3.63) is 58.6 Å². The molecule has 2 aromatic rings. The van der Waals surface area contributed by atoms with Gasteiger partial charge in [0.2, 0.25) is 5.91 Å². The Morgan fingerprint density at radius 3 is 2.84 bits per heavy atom. The van der Waals surface area contributed by atoms with Gasteiger partial charge in [0.05, 0.1) is 6.54 Å². The van der Waals surface area contributed by atoms with E-state index in [0.717, 1.165) is 23.2 Å². The van der Waals surface area contributed by atoms with Crippen LogP contribution in [-0.4, -0.2) is 24.5 Å². The van der Waals surface area contributed by atoms with Gasteiger partial charge in [0.15, 0.2) is 6.10 Å². The Hall–Kier alpha value is -2.53. The molecule has 1 aliphatic heterocycles. The van der Waals surface area contributed by atoms with E-state index in [4.69, 9.17) is 16.3 Å². The van der Waals surface area contributed by atoms with Crippen LogP contribution in [0.4, 0.5) is 5.69 Å². The highest BCUT2D eigenvalue weighted by molar-refractivity contribution is 6.30. The number of hydrogen-bond donors (Lipinski definition) is 2. The number of para-hydroxylation sites is 1. The molecule has 6 heteroatoms. The molecule has 130 valence electrons. The van der Waals surface area contributed by atoms with Gasteiger partial charge in [-0.15, -0.1) is 0 Å². The second-order valence-electron chi connectivity index (χ2n) is 5.84. The van der Waals surface area contributed by atoms with Crippen molar-refractivity contribution in [3.8, 4) is 5.75 Å². The van der Waals surface area contributed by atoms with E-state index in [-0.39, 0.29) is 18.4 Å². The zero-order valence-electron chi connectivity index (χ0n) is 13.8. The lowest BCUT2D eigenvalue weighted by Crippen LogP contribution is -2.41. The minimum absolute atomic E-state index is 0.103. The number of carbonyl (C=O) groups excluding carboxylic acids is 2. The molecule has 3 rings (SSSR count). The molecule has 0 aliphatic carbocycles. The number of amides is 2. The van der Waals surface area contributed by atoms with Gasteiger partial charge in [-0.3, -0.25) is 9.59 Å². The fraction of sp³-hybridized carbons (Fsp3) is 0.263. The third-order valence-corrected chi connectivity index (χ3v) is 4.32. The predicted molar refractivity (Wildman–Crippen MR) is 97.0 cm³/mol. The summed E-state index contributed by atoms with van der Waals surface area (Å²) in [5.41, 5.74) is 2.71. The topological polar surface area (TPSA) is 67.4 Å². The molecular formula is C19H19ClN2O3. The minimum atomic E-state index is -0.635. The number of carbonyl (C=O) groups is 2. The lowest BCUT2D eigenvalue weighted by Gasteiger charge is -2.12. The Morgan fingerprint density at radius 1 is 1.24 bits per heavy atom. The molecule has 0 saturated carbocycles. The van der Waals surface area contributed by atoms with Crippen LogP contribution < -0.4 is 15.4 Å². The van der Waals surface area contributed by atoms with Gasteiger partial charge in [0.25, 0.3) is 5.91 Å². The first-order valence-electron chi connectivity index (χ1n) is 8.17. The average molecular weight is 359 g/mol. The summed E-state index contributed by atoms with van der Waals surface area (Å²) in [5.74, 6) is 0.0740. The molecule has 2 amide bonds. The molecule has 0 aromatic heterocycles. The number of aryl methyl sites for hydroxylation is 1. The lowest BCUT2D eigenvalue weighted by molar-refractivity contribution is -0.129. The van der Waals surface area contributed by atoms with Crippen molar-refractivity contribution < 1.29 is 14.3 Å². The molecule has 1 heterocycles. The summed E-state index contributed by atoms with van der Waals surface area (Å²) in [6.45, 7) is 1.92. The summed E-state index contributed by atoms with van der Waals surface area (Å²) in [5, 5.41) is 6.05. The fourth-order valence-electron chi connectivity index (χ4n) is 2.79. The fourth-order valence-corrected chi connectivity index (χ4v) is 2.98. The highest BCUT2D eigenvalue weighted by Crippen LogP contribution is 2.31. The second-order valence-corrected chi connectivity index (χ2v) is 6.28. The van der Waals surface area contributed by atoms with Crippen molar-refractivity contribution in [3.63, 3.8) is 0 Å². The first-order chi connectivity index (χ1) is 12.1. The molecule has 5 nitrogen and oxygen atoms in total. The summed E-state index contributed by atoms with van der Waals surface area (Å²) >= 11 is 5.95. The van der Waals surface area contributed by atoms with E-state index >= 15 is 0 Å². The smallest absolute Gasteiger partial charge is 0.261 e. The minimum Gasteiger partial charge on any atom is -0.480 e. The Balaban J connectivity index is 1.52. The molecule has 2 N–H and O–H groups in total. The molecule has 0 fully saturated rings. The number of halogens is 1. The van der Waals surface area contributed by atoms with Crippen molar-refractivity contribution in [1.82, 2.24) is 5.32 Å². The predicted octanol–water partition coefficient (Wildman–Crippen LogP) is 2.96. The number of nitrogens with one attached hydrogen (secondary N) is 2. The van der Waals surface area contributed by atoms with Gasteiger partial charge < -0.3 is 15.4 Å². The number of benzene rings is 2. The molecule has 0 radical (unpaired) electrons. The van der Waals surface area contributed by atoms with Crippen LogP contribution in [0, 0.1) is 0 Å². The number of rotatable bonds is 5. The van der Waals surface area contributed by atoms with Gasteiger partial charge in [0.1, 0.15) is 5.75 Å². The lowest BCUT2D eigenvalue weighted by atomic mass is 10.1. The second kappa shape index (κ2) is 7.57. The van der Waals surface area contributed by atoms with Gasteiger partial charge in [-0.25, -0.2) is 0 Å². The van der Waals surface area contributed by atoms with Crippen molar-refractivity contribution in [2.24, 2.45) is 0 Å². The summed E-state index contributed by atoms with van der Waals surface area (Å²) < 4.78 is 5.61. The summed E-state index contributed by atoms with van der Waals surface area (Å²) in [6, 6.07) is 12.9. The van der Waals surface area contributed by atoms with Crippen molar-refractivity contribution in [2.75, 3.05) is 11.9 Å². The molecule has 0 unspecified atom stereocenters. The Bertz CT molecular complexity index is 807. The van der Waals surface area contributed by atoms with Gasteiger partial charge in [-0.2, -0.15) is 0 Å². The van der Waals surface area contributed by atoms with Gasteiger partial charge >= 0.3 is 0 Å². The van der Waals surface area contributed by atoms with Crippen molar-refractivity contribution in [1.29, 1.82) is 0 Å². The largest absolute Gasteiger partial charge is 0.480 e. The number of hydrogen-bond acceptors (Lipinski definition) is 3. The standard InChI is InChI=1S/C19H19ClN2O3/c1-2-12-5-3-4-6-15(12)22-18(23)11-21-19(24)17-10-13-9-14(20)7-8-16(13)25-17/h3-9,17H,2,10-11H2,1H3,(H,21,24)(H,22,23)/t17-/m1/s1. The molecule has 2 aromatic carbocycles. The molecule has 1 aliphatic rings. The van der Waals surface area contributed by atoms with E-state index in [1.165, 1.54) is 0 Å². The number of fused-ring (bicyclic) bond motifs is 1. The molecular weight excluding hydrogens is 340 g/mol. The van der Waals surface area contributed by atoms with Gasteiger partial charge in [-0.05, 0) is 41.8 Å². The van der Waals surface area contributed by atoms with E-state index < -0.39 is 6.10 Å². The maximum absolute atomic E-state index is 12.2. The molecule has 25 heavy (non-hydrogen) atoms. The molecule has 0 saturated heterocycles. The average Bonchev–Trinajstić information content (AvgIpc) is 3.03. The Morgan fingerprint density at radius 2 is 2.04 bits per heavy atom. The quantitative estimate of drug-likeness (QED) is 0.863. The van der Waals surface area contributed by atoms with Gasteiger partial charge in [-0.1, -0.05) is 36.7 Å². The van der Waals surface area contributed by atoms with E-state index in [1.54, 1.807) is 18.2 Å². The third kappa shape index (κ3) is 4.12. The molecule has 0 spiro atoms. The maximum Gasteiger partial charge on any atom is 0.261 e. The van der Waals surface area contributed by atoms with E-state index in [1.807, 2.05) is 31.2 Å². The van der Waals surface area contributed by atoms with E-state index in [9.17, 15) is 9.59 Å². The molecule has 1 atom stereocenters. The Labute approximate surface area is 151 Å². The van der Waals surface area contributed by atoms with Crippen LogP contribution in [0.15, 0.2) is 42.5 Å². The first kappa shape index (κ1) is 17.3. The monoisotopic (exact) mass is 358 g/mol. The molecule has 0 bridgehead atoms. The summed E-state index contributed by atoms with van der Waals surface area (Å²) in [7, 11) is 0. The SMILES string of the molecule is CCc1ccccc1NC(=O)CNC(=O)[C@H]1Cc2cc(Cl)ccc2O1. The third-order valence-electron chi connectivity index (χ3n) is 4.09. The maximum atomic E-state index is 12.2. The number of ether oxygens (including phenoxy) is 1. The van der Waals surface area contributed by atoms with E-state index in [0.29, 0.717) is 17.2 Å². The van der Waals surface area contributed by atoms with Crippen molar-refractivity contribution >= 4 is 29.1 Å². The highest BCUT2D eigenvalue weighted by Gasteiger charge is 2.29. The Kier molecular flexibility index (Phi) is 5.24. The van der Waals surface area contributed by atoms with Crippen LogP contribution in [0.1, 0.15) is 18.1 Å². The highest BCUT2D eigenvalue weighted by atomic mass is 35.5. The number of anilines is 1. The summed E-state index contributed by atoms with van der Waals surface area (Å²) in [6.07, 6.45) is 0.630. The van der Waals surface area contributed by atoms with Crippen LogP contribution in [0.25, 0.3) is 0 Å². The zero-order valence-corrected chi connectivity index (χ0v) is 14.6. The van der Waals surface area contributed by atoms with Crippen LogP contribution in [-0.2, 0) is 22.4 Å². The van der Waals surface area contributed by atoms with Crippen molar-refractivity contribution in [2.45, 2.75) is 25.9 Å². The first-order valence-corrected chi connectivity index (χ1v) is 8.55. The normalized spacial score (nSPS) is 15.2. The van der Waals surface area contributed by atoms with E-state index in [2.05, 4.69) is 10.6 Å². The van der Waals surface area contributed by atoms with Crippen LogP contribution >= 0.6 is 11.6 Å². The van der Waals surface area contributed by atoms with Crippen LogP contribution in [0.2, 0.25) is 5.02 Å². The zero-order chi connectivity index (χ0) is 17.8.